The first kappa shape index (κ1) is 13.8. The quantitative estimate of drug-likeness (QED) is 0.638. The summed E-state index contributed by atoms with van der Waals surface area (Å²) in [6, 6.07) is 7.73. The van der Waals surface area contributed by atoms with Crippen molar-refractivity contribution in [3.05, 3.63) is 50.4 Å². The van der Waals surface area contributed by atoms with Crippen molar-refractivity contribution in [2.24, 2.45) is 5.73 Å². The van der Waals surface area contributed by atoms with E-state index in [1.165, 1.54) is 0 Å². The minimum absolute atomic E-state index is 0.000866. The van der Waals surface area contributed by atoms with E-state index in [4.69, 9.17) is 10.3 Å². The number of benzene rings is 1. The number of rotatable bonds is 5. The van der Waals surface area contributed by atoms with Crippen molar-refractivity contribution in [1.82, 2.24) is 5.16 Å². The number of hydrogen-bond acceptors (Lipinski definition) is 4. The van der Waals surface area contributed by atoms with Crippen LogP contribution in [0.1, 0.15) is 46.1 Å². The van der Waals surface area contributed by atoms with Gasteiger partial charge in [0, 0.05) is 28.5 Å². The molecular weight excluding hydrogens is 367 g/mol. The number of nitrogens with two attached hydrogens (primary N) is 1. The number of carbonyl (C=O) groups is 1. The third-order valence-corrected chi connectivity index (χ3v) is 4.50. The smallest absolute Gasteiger partial charge is 0.189 e. The lowest BCUT2D eigenvalue weighted by Gasteiger charge is -2.04. The van der Waals surface area contributed by atoms with Crippen molar-refractivity contribution in [1.29, 1.82) is 0 Å². The number of nitrogens with zero attached hydrogens (tertiary/aromatic N) is 1. The largest absolute Gasteiger partial charge is 0.360 e. The van der Waals surface area contributed by atoms with Gasteiger partial charge in [-0.1, -0.05) is 17.3 Å². The molecule has 2 N–H and O–H groups in total. The summed E-state index contributed by atoms with van der Waals surface area (Å²) in [6.45, 7) is 0.512. The Balaban J connectivity index is 1.74. The molecule has 0 radical (unpaired) electrons. The molecule has 0 amide bonds. The van der Waals surface area contributed by atoms with Crippen LogP contribution in [0.25, 0.3) is 0 Å². The van der Waals surface area contributed by atoms with E-state index < -0.39 is 0 Å². The zero-order valence-corrected chi connectivity index (χ0v) is 13.1. The second-order valence-electron chi connectivity index (χ2n) is 5.12. The van der Waals surface area contributed by atoms with Gasteiger partial charge >= 0.3 is 0 Å². The molecule has 1 aromatic carbocycles. The van der Waals surface area contributed by atoms with Crippen molar-refractivity contribution in [3.63, 3.8) is 0 Å². The molecule has 1 aliphatic carbocycles. The summed E-state index contributed by atoms with van der Waals surface area (Å²) in [7, 11) is 0. The van der Waals surface area contributed by atoms with Crippen LogP contribution in [0.5, 0.6) is 0 Å². The highest BCUT2D eigenvalue weighted by atomic mass is 127. The van der Waals surface area contributed by atoms with Crippen LogP contribution in [0.4, 0.5) is 0 Å². The molecule has 0 atom stereocenters. The average molecular weight is 382 g/mol. The van der Waals surface area contributed by atoms with Gasteiger partial charge in [0.15, 0.2) is 5.78 Å². The Morgan fingerprint density at radius 3 is 2.85 bits per heavy atom. The second kappa shape index (κ2) is 5.65. The highest BCUT2D eigenvalue weighted by Gasteiger charge is 2.28. The van der Waals surface area contributed by atoms with Gasteiger partial charge in [-0.3, -0.25) is 4.79 Å². The summed E-state index contributed by atoms with van der Waals surface area (Å²) >= 11 is 2.24. The summed E-state index contributed by atoms with van der Waals surface area (Å²) in [5, 5.41) is 3.89. The molecular formula is C15H15IN2O2. The van der Waals surface area contributed by atoms with Gasteiger partial charge in [0.25, 0.3) is 0 Å². The third kappa shape index (κ3) is 2.93. The molecule has 1 heterocycles. The summed E-state index contributed by atoms with van der Waals surface area (Å²) in [4.78, 5) is 12.2. The summed E-state index contributed by atoms with van der Waals surface area (Å²) in [5.41, 5.74) is 8.12. The predicted octanol–water partition coefficient (Wildman–Crippen LogP) is 3.04. The summed E-state index contributed by atoms with van der Waals surface area (Å²) < 4.78 is 6.28. The molecule has 0 unspecified atom stereocenters. The Labute approximate surface area is 130 Å². The van der Waals surface area contributed by atoms with Gasteiger partial charge in [0.1, 0.15) is 11.5 Å². The minimum atomic E-state index is -0.000866. The second-order valence-corrected chi connectivity index (χ2v) is 6.28. The molecule has 4 nitrogen and oxygen atoms in total. The zero-order valence-electron chi connectivity index (χ0n) is 10.9. The fraction of sp³-hybridized carbons (Fsp3) is 0.333. The van der Waals surface area contributed by atoms with Crippen LogP contribution in [0, 0.1) is 3.57 Å². The summed E-state index contributed by atoms with van der Waals surface area (Å²) in [6.07, 6.45) is 2.63. The molecule has 1 aliphatic rings. The number of carbonyl (C=O) groups excluding carboxylic acids is 1. The number of Topliss-reactive ketones (excluding diaryl/α,β-unsaturated/α-hetero) is 1. The van der Waals surface area contributed by atoms with Crippen LogP contribution in [-0.4, -0.2) is 10.9 Å². The zero-order chi connectivity index (χ0) is 14.1. The molecule has 0 saturated heterocycles. The van der Waals surface area contributed by atoms with Crippen molar-refractivity contribution in [2.75, 3.05) is 0 Å². The predicted molar refractivity (Wildman–Crippen MR) is 83.6 cm³/mol. The highest BCUT2D eigenvalue weighted by molar-refractivity contribution is 14.1. The van der Waals surface area contributed by atoms with E-state index in [-0.39, 0.29) is 5.78 Å². The molecule has 0 aliphatic heterocycles. The Bertz CT molecular complexity index is 647. The standard InChI is InChI=1S/C15H15IN2O2/c16-12-5-9(8-17)1-2-11(12)6-14(19)13-7-15(20-18-13)10-3-4-10/h1-2,5,7,10H,3-4,6,8,17H2. The SMILES string of the molecule is NCc1ccc(CC(=O)c2cc(C3CC3)on2)c(I)c1. The van der Waals surface area contributed by atoms with Gasteiger partial charge < -0.3 is 10.3 Å². The number of hydrogen-bond donors (Lipinski definition) is 1. The molecule has 104 valence electrons. The molecule has 0 spiro atoms. The van der Waals surface area contributed by atoms with Gasteiger partial charge in [-0.05, 0) is 52.6 Å². The van der Waals surface area contributed by atoms with Crippen LogP contribution in [0.2, 0.25) is 0 Å². The van der Waals surface area contributed by atoms with Gasteiger partial charge in [0.2, 0.25) is 0 Å². The van der Waals surface area contributed by atoms with Crippen molar-refractivity contribution >= 4 is 28.4 Å². The van der Waals surface area contributed by atoms with Gasteiger partial charge in [-0.15, -0.1) is 0 Å². The lowest BCUT2D eigenvalue weighted by atomic mass is 10.0. The number of ketones is 1. The molecule has 1 fully saturated rings. The molecule has 1 aromatic heterocycles. The minimum Gasteiger partial charge on any atom is -0.360 e. The Kier molecular flexibility index (Phi) is 3.89. The molecule has 2 aromatic rings. The molecule has 20 heavy (non-hydrogen) atoms. The first-order valence-corrected chi connectivity index (χ1v) is 7.72. The van der Waals surface area contributed by atoms with E-state index in [1.54, 1.807) is 6.07 Å². The maximum atomic E-state index is 12.2. The van der Waals surface area contributed by atoms with Crippen molar-refractivity contribution in [3.8, 4) is 0 Å². The maximum Gasteiger partial charge on any atom is 0.189 e. The maximum absolute atomic E-state index is 12.2. The fourth-order valence-electron chi connectivity index (χ4n) is 2.11. The van der Waals surface area contributed by atoms with Gasteiger partial charge in [-0.2, -0.15) is 0 Å². The van der Waals surface area contributed by atoms with Crippen LogP contribution in [0.15, 0.2) is 28.8 Å². The van der Waals surface area contributed by atoms with Gasteiger partial charge in [0.05, 0.1) is 0 Å². The van der Waals surface area contributed by atoms with Crippen LogP contribution >= 0.6 is 22.6 Å². The lowest BCUT2D eigenvalue weighted by molar-refractivity contribution is 0.0984. The number of halogens is 1. The fourth-order valence-corrected chi connectivity index (χ4v) is 2.88. The van der Waals surface area contributed by atoms with E-state index in [1.807, 2.05) is 18.2 Å². The monoisotopic (exact) mass is 382 g/mol. The van der Waals surface area contributed by atoms with E-state index in [0.717, 1.165) is 33.3 Å². The first-order valence-electron chi connectivity index (χ1n) is 6.64. The molecule has 0 bridgehead atoms. The molecule has 1 saturated carbocycles. The summed E-state index contributed by atoms with van der Waals surface area (Å²) in [5.74, 6) is 1.33. The van der Waals surface area contributed by atoms with Crippen LogP contribution < -0.4 is 5.73 Å². The Hall–Kier alpha value is -1.21. The van der Waals surface area contributed by atoms with Gasteiger partial charge in [-0.25, -0.2) is 0 Å². The van der Waals surface area contributed by atoms with Crippen LogP contribution in [0.3, 0.4) is 0 Å². The molecule has 5 heteroatoms. The van der Waals surface area contributed by atoms with Crippen LogP contribution in [-0.2, 0) is 13.0 Å². The van der Waals surface area contributed by atoms with E-state index >= 15 is 0 Å². The number of aromatic nitrogens is 1. The van der Waals surface area contributed by atoms with Crippen molar-refractivity contribution < 1.29 is 9.32 Å². The average Bonchev–Trinajstić information content (AvgIpc) is 3.18. The Morgan fingerprint density at radius 1 is 1.40 bits per heavy atom. The normalized spacial score (nSPS) is 14.5. The first-order chi connectivity index (χ1) is 9.67. The Morgan fingerprint density at radius 2 is 2.20 bits per heavy atom. The molecule has 3 rings (SSSR count). The van der Waals surface area contributed by atoms with Crippen molar-refractivity contribution in [2.45, 2.75) is 31.7 Å². The van der Waals surface area contributed by atoms with E-state index in [0.29, 0.717) is 24.6 Å². The topological polar surface area (TPSA) is 69.1 Å². The third-order valence-electron chi connectivity index (χ3n) is 3.50. The van der Waals surface area contributed by atoms with E-state index in [9.17, 15) is 4.79 Å². The highest BCUT2D eigenvalue weighted by Crippen LogP contribution is 2.40. The lowest BCUT2D eigenvalue weighted by Crippen LogP contribution is -2.06. The van der Waals surface area contributed by atoms with E-state index in [2.05, 4.69) is 27.7 Å².